The van der Waals surface area contributed by atoms with Crippen LogP contribution in [-0.2, 0) is 4.79 Å². The standard InChI is InChI=1S/C24H31N3OS2.ClH/c1-4-26(5-2)15-16-27(24-25-21-14-13-19(3)18-22(21)30-24)23(28)12-9-17-29-20-10-7-6-8-11-20;/h6-8,10-11,13-14,18H,4-5,9,12,15-17H2,1-3H3;1H. The van der Waals surface area contributed by atoms with E-state index in [0.717, 1.165) is 47.2 Å². The Balaban J connectivity index is 0.00000341. The number of thiazole rings is 1. The number of anilines is 1. The lowest BCUT2D eigenvalue weighted by Crippen LogP contribution is -2.38. The second-order valence-corrected chi connectivity index (χ2v) is 9.48. The highest BCUT2D eigenvalue weighted by atomic mass is 35.5. The maximum absolute atomic E-state index is 13.2. The van der Waals surface area contributed by atoms with Crippen LogP contribution in [0.1, 0.15) is 32.3 Å². The molecule has 2 aromatic carbocycles. The molecule has 0 saturated heterocycles. The number of benzene rings is 2. The minimum atomic E-state index is 0. The van der Waals surface area contributed by atoms with E-state index in [1.54, 1.807) is 11.3 Å². The highest BCUT2D eigenvalue weighted by Gasteiger charge is 2.20. The smallest absolute Gasteiger partial charge is 0.228 e. The van der Waals surface area contributed by atoms with Gasteiger partial charge in [0.2, 0.25) is 5.91 Å². The molecule has 3 aromatic rings. The molecule has 7 heteroatoms. The van der Waals surface area contributed by atoms with Crippen LogP contribution < -0.4 is 4.90 Å². The number of thioether (sulfide) groups is 1. The Morgan fingerprint density at radius 3 is 2.52 bits per heavy atom. The van der Waals surface area contributed by atoms with Gasteiger partial charge >= 0.3 is 0 Å². The molecule has 1 aromatic heterocycles. The van der Waals surface area contributed by atoms with Crippen molar-refractivity contribution in [3.8, 4) is 0 Å². The number of halogens is 1. The molecule has 0 N–H and O–H groups in total. The van der Waals surface area contributed by atoms with Gasteiger partial charge in [-0.05, 0) is 62.0 Å². The van der Waals surface area contributed by atoms with Crippen LogP contribution in [0.25, 0.3) is 10.2 Å². The average molecular weight is 478 g/mol. The fraction of sp³-hybridized carbons (Fsp3) is 0.417. The van der Waals surface area contributed by atoms with Crippen LogP contribution in [0.15, 0.2) is 53.4 Å². The van der Waals surface area contributed by atoms with Crippen molar-refractivity contribution < 1.29 is 4.79 Å². The number of carbonyl (C=O) groups excluding carboxylic acids is 1. The molecule has 3 rings (SSSR count). The number of hydrogen-bond donors (Lipinski definition) is 0. The second kappa shape index (κ2) is 13.1. The van der Waals surface area contributed by atoms with Crippen molar-refractivity contribution in [1.29, 1.82) is 0 Å². The summed E-state index contributed by atoms with van der Waals surface area (Å²) in [4.78, 5) is 23.4. The Kier molecular flexibility index (Phi) is 10.8. The average Bonchev–Trinajstić information content (AvgIpc) is 3.17. The van der Waals surface area contributed by atoms with Gasteiger partial charge in [-0.2, -0.15) is 0 Å². The van der Waals surface area contributed by atoms with E-state index in [1.807, 2.05) is 28.8 Å². The molecule has 1 amide bonds. The minimum Gasteiger partial charge on any atom is -0.302 e. The molecule has 0 radical (unpaired) electrons. The molecule has 0 atom stereocenters. The lowest BCUT2D eigenvalue weighted by molar-refractivity contribution is -0.118. The van der Waals surface area contributed by atoms with Crippen molar-refractivity contribution in [2.24, 2.45) is 0 Å². The van der Waals surface area contributed by atoms with E-state index >= 15 is 0 Å². The fourth-order valence-electron chi connectivity index (χ4n) is 3.31. The number of rotatable bonds is 11. The van der Waals surface area contributed by atoms with E-state index in [9.17, 15) is 4.79 Å². The summed E-state index contributed by atoms with van der Waals surface area (Å²) in [5.74, 6) is 1.12. The molecule has 0 aliphatic heterocycles. The van der Waals surface area contributed by atoms with Crippen LogP contribution in [0.5, 0.6) is 0 Å². The van der Waals surface area contributed by atoms with E-state index in [4.69, 9.17) is 4.98 Å². The van der Waals surface area contributed by atoms with Crippen LogP contribution in [0.3, 0.4) is 0 Å². The lowest BCUT2D eigenvalue weighted by atomic mass is 10.2. The molecule has 0 unspecified atom stereocenters. The molecule has 0 aliphatic carbocycles. The number of nitrogens with zero attached hydrogens (tertiary/aromatic N) is 3. The molecule has 0 fully saturated rings. The van der Waals surface area contributed by atoms with E-state index in [0.29, 0.717) is 13.0 Å². The second-order valence-electron chi connectivity index (χ2n) is 7.30. The van der Waals surface area contributed by atoms with Gasteiger partial charge in [0.1, 0.15) is 0 Å². The topological polar surface area (TPSA) is 36.4 Å². The molecule has 0 aliphatic rings. The van der Waals surface area contributed by atoms with E-state index in [2.05, 4.69) is 62.1 Å². The van der Waals surface area contributed by atoms with E-state index in [1.165, 1.54) is 10.5 Å². The zero-order valence-corrected chi connectivity index (χ0v) is 21.0. The van der Waals surface area contributed by atoms with Gasteiger partial charge in [-0.3, -0.25) is 9.69 Å². The molecule has 31 heavy (non-hydrogen) atoms. The molecular weight excluding hydrogens is 446 g/mol. The van der Waals surface area contributed by atoms with Gasteiger partial charge in [0.25, 0.3) is 0 Å². The van der Waals surface area contributed by atoms with Crippen molar-refractivity contribution in [2.45, 2.75) is 38.5 Å². The number of fused-ring (bicyclic) bond motifs is 1. The SMILES string of the molecule is CCN(CC)CCN(C(=O)CCCSc1ccccc1)c1nc2ccc(C)cc2s1.Cl. The summed E-state index contributed by atoms with van der Waals surface area (Å²) >= 11 is 3.43. The Hall–Kier alpha value is -1.60. The van der Waals surface area contributed by atoms with Crippen molar-refractivity contribution in [3.05, 3.63) is 54.1 Å². The third kappa shape index (κ3) is 7.49. The molecule has 0 spiro atoms. The lowest BCUT2D eigenvalue weighted by Gasteiger charge is -2.24. The molecule has 1 heterocycles. The summed E-state index contributed by atoms with van der Waals surface area (Å²) in [5.41, 5.74) is 2.19. The fourth-order valence-corrected chi connectivity index (χ4v) is 5.29. The van der Waals surface area contributed by atoms with Gasteiger partial charge < -0.3 is 4.90 Å². The van der Waals surface area contributed by atoms with Crippen molar-refractivity contribution >= 4 is 56.8 Å². The van der Waals surface area contributed by atoms with Gasteiger partial charge in [-0.25, -0.2) is 4.98 Å². The molecule has 0 saturated carbocycles. The number of carbonyl (C=O) groups is 1. The van der Waals surface area contributed by atoms with Crippen LogP contribution in [0, 0.1) is 6.92 Å². The third-order valence-corrected chi connectivity index (χ3v) is 7.29. The third-order valence-electron chi connectivity index (χ3n) is 5.15. The van der Waals surface area contributed by atoms with Crippen LogP contribution in [-0.4, -0.2) is 47.7 Å². The van der Waals surface area contributed by atoms with Crippen LogP contribution in [0.2, 0.25) is 0 Å². The zero-order valence-electron chi connectivity index (χ0n) is 18.5. The maximum Gasteiger partial charge on any atom is 0.228 e. The zero-order chi connectivity index (χ0) is 21.3. The van der Waals surface area contributed by atoms with E-state index in [-0.39, 0.29) is 18.3 Å². The predicted octanol–water partition coefficient (Wildman–Crippen LogP) is 6.27. The minimum absolute atomic E-state index is 0. The van der Waals surface area contributed by atoms with Crippen LogP contribution in [0.4, 0.5) is 5.13 Å². The quantitative estimate of drug-likeness (QED) is 0.241. The van der Waals surface area contributed by atoms with Crippen molar-refractivity contribution in [3.63, 3.8) is 0 Å². The van der Waals surface area contributed by atoms with Gasteiger partial charge in [0, 0.05) is 24.4 Å². The first-order chi connectivity index (χ1) is 14.6. The monoisotopic (exact) mass is 477 g/mol. The first kappa shape index (κ1) is 25.7. The summed E-state index contributed by atoms with van der Waals surface area (Å²) in [7, 11) is 0. The Bertz CT molecular complexity index is 944. The maximum atomic E-state index is 13.2. The van der Waals surface area contributed by atoms with E-state index < -0.39 is 0 Å². The number of aromatic nitrogens is 1. The highest BCUT2D eigenvalue weighted by Crippen LogP contribution is 2.30. The first-order valence-corrected chi connectivity index (χ1v) is 12.5. The Labute approximate surface area is 200 Å². The first-order valence-electron chi connectivity index (χ1n) is 10.7. The van der Waals surface area contributed by atoms with Gasteiger partial charge in [0.05, 0.1) is 10.2 Å². The molecule has 168 valence electrons. The van der Waals surface area contributed by atoms with Crippen molar-refractivity contribution in [1.82, 2.24) is 9.88 Å². The van der Waals surface area contributed by atoms with Gasteiger partial charge in [0.15, 0.2) is 5.13 Å². The molecule has 0 bridgehead atoms. The van der Waals surface area contributed by atoms with Gasteiger partial charge in [-0.1, -0.05) is 49.4 Å². The summed E-state index contributed by atoms with van der Waals surface area (Å²) < 4.78 is 1.14. The molecule has 4 nitrogen and oxygen atoms in total. The largest absolute Gasteiger partial charge is 0.302 e. The number of aryl methyl sites for hydroxylation is 1. The summed E-state index contributed by atoms with van der Waals surface area (Å²) in [5, 5.41) is 0.823. The number of hydrogen-bond acceptors (Lipinski definition) is 5. The summed E-state index contributed by atoms with van der Waals surface area (Å²) in [6, 6.07) is 16.6. The summed E-state index contributed by atoms with van der Waals surface area (Å²) in [6.07, 6.45) is 1.41. The van der Waals surface area contributed by atoms with Crippen molar-refractivity contribution in [2.75, 3.05) is 36.8 Å². The summed E-state index contributed by atoms with van der Waals surface area (Å²) in [6.45, 7) is 9.95. The highest BCUT2D eigenvalue weighted by molar-refractivity contribution is 7.99. The predicted molar refractivity (Wildman–Crippen MR) is 138 cm³/mol. The number of amides is 1. The normalized spacial score (nSPS) is 11.0. The number of likely N-dealkylation sites (N-methyl/N-ethyl adjacent to an activating group) is 1. The van der Waals surface area contributed by atoms with Gasteiger partial charge in [-0.15, -0.1) is 24.2 Å². The van der Waals surface area contributed by atoms with Crippen LogP contribution >= 0.6 is 35.5 Å². The Morgan fingerprint density at radius 1 is 1.06 bits per heavy atom. The molecular formula is C24H32ClN3OS2. The Morgan fingerprint density at radius 2 is 1.81 bits per heavy atom.